The second-order valence-electron chi connectivity index (χ2n) is 5.90. The molecule has 2 aromatic carbocycles. The number of Topliss-reactive ketones (excluding diaryl/α,β-unsaturated/α-hetero) is 1. The van der Waals surface area contributed by atoms with Gasteiger partial charge in [-0.05, 0) is 42.7 Å². The van der Waals surface area contributed by atoms with Crippen LogP contribution >= 0.6 is 0 Å². The van der Waals surface area contributed by atoms with Crippen LogP contribution in [0.4, 0.5) is 5.69 Å². The number of esters is 1. The molecule has 23 heavy (non-hydrogen) atoms. The van der Waals surface area contributed by atoms with Gasteiger partial charge in [0.1, 0.15) is 0 Å². The molecule has 1 atom stereocenters. The van der Waals surface area contributed by atoms with Gasteiger partial charge in [0.25, 0.3) is 0 Å². The lowest BCUT2D eigenvalue weighted by Gasteiger charge is -2.23. The van der Waals surface area contributed by atoms with Gasteiger partial charge in [0, 0.05) is 25.3 Å². The van der Waals surface area contributed by atoms with E-state index in [2.05, 4.69) is 0 Å². The number of carbonyl (C=O) groups is 2. The van der Waals surface area contributed by atoms with E-state index >= 15 is 0 Å². The van der Waals surface area contributed by atoms with Gasteiger partial charge in [-0.2, -0.15) is 0 Å². The molecule has 0 bridgehead atoms. The van der Waals surface area contributed by atoms with E-state index in [-0.39, 0.29) is 5.78 Å². The van der Waals surface area contributed by atoms with Crippen molar-refractivity contribution >= 4 is 17.4 Å². The fraction of sp³-hybridized carbons (Fsp3) is 0.263. The van der Waals surface area contributed by atoms with Gasteiger partial charge in [0.15, 0.2) is 6.10 Å². The summed E-state index contributed by atoms with van der Waals surface area (Å²) in [7, 11) is 3.87. The average molecular weight is 309 g/mol. The fourth-order valence-corrected chi connectivity index (χ4v) is 2.78. The van der Waals surface area contributed by atoms with Crippen molar-refractivity contribution < 1.29 is 14.3 Å². The summed E-state index contributed by atoms with van der Waals surface area (Å²) in [4.78, 5) is 26.7. The van der Waals surface area contributed by atoms with Crippen LogP contribution in [-0.2, 0) is 11.2 Å². The number of ether oxygens (including phenoxy) is 1. The van der Waals surface area contributed by atoms with Crippen molar-refractivity contribution in [3.05, 3.63) is 65.2 Å². The minimum Gasteiger partial charge on any atom is -0.450 e. The standard InChI is InChI=1S/C19H19NO3/c1-20(2)15-10-7-14(8-11-15)19(22)23-17-12-9-13-5-3-4-6-16(13)18(17)21/h3-8,10-11,17H,9,12H2,1-2H3/t17-/m1/s1. The van der Waals surface area contributed by atoms with Crippen molar-refractivity contribution in [2.45, 2.75) is 18.9 Å². The summed E-state index contributed by atoms with van der Waals surface area (Å²) in [6.07, 6.45) is 0.600. The van der Waals surface area contributed by atoms with Crippen molar-refractivity contribution in [3.63, 3.8) is 0 Å². The maximum atomic E-state index is 12.4. The number of fused-ring (bicyclic) bond motifs is 1. The zero-order chi connectivity index (χ0) is 16.4. The predicted octanol–water partition coefficient (Wildman–Crippen LogP) is 3.11. The summed E-state index contributed by atoms with van der Waals surface area (Å²) in [6.45, 7) is 0. The Bertz CT molecular complexity index is 735. The quantitative estimate of drug-likeness (QED) is 0.817. The first-order valence-electron chi connectivity index (χ1n) is 7.67. The first-order valence-corrected chi connectivity index (χ1v) is 7.67. The molecule has 4 heteroatoms. The van der Waals surface area contributed by atoms with Crippen LogP contribution in [0.3, 0.4) is 0 Å². The number of benzene rings is 2. The van der Waals surface area contributed by atoms with E-state index in [1.807, 2.05) is 49.3 Å². The molecule has 3 rings (SSSR count). The molecular formula is C19H19NO3. The topological polar surface area (TPSA) is 46.6 Å². The third-order valence-corrected chi connectivity index (χ3v) is 4.12. The molecule has 4 nitrogen and oxygen atoms in total. The molecule has 2 aromatic rings. The fourth-order valence-electron chi connectivity index (χ4n) is 2.78. The van der Waals surface area contributed by atoms with E-state index in [4.69, 9.17) is 4.74 Å². The maximum absolute atomic E-state index is 12.4. The number of hydrogen-bond donors (Lipinski definition) is 0. The first kappa shape index (κ1) is 15.3. The zero-order valence-electron chi connectivity index (χ0n) is 13.3. The van der Waals surface area contributed by atoms with Crippen LogP contribution in [0.25, 0.3) is 0 Å². The van der Waals surface area contributed by atoms with E-state index < -0.39 is 12.1 Å². The second kappa shape index (κ2) is 6.24. The van der Waals surface area contributed by atoms with Gasteiger partial charge in [0.2, 0.25) is 5.78 Å². The maximum Gasteiger partial charge on any atom is 0.338 e. The lowest BCUT2D eigenvalue weighted by molar-refractivity contribution is 0.0257. The SMILES string of the molecule is CN(C)c1ccc(C(=O)O[C@@H]2CCc3ccccc3C2=O)cc1. The first-order chi connectivity index (χ1) is 11.1. The van der Waals surface area contributed by atoms with Crippen LogP contribution < -0.4 is 4.90 Å². The van der Waals surface area contributed by atoms with Gasteiger partial charge >= 0.3 is 5.97 Å². The van der Waals surface area contributed by atoms with Crippen LogP contribution in [0, 0.1) is 0 Å². The van der Waals surface area contributed by atoms with Crippen LogP contribution in [0.15, 0.2) is 48.5 Å². The normalized spacial score (nSPS) is 16.6. The highest BCUT2D eigenvalue weighted by molar-refractivity contribution is 6.03. The Balaban J connectivity index is 1.72. The number of nitrogens with zero attached hydrogens (tertiary/aromatic N) is 1. The van der Waals surface area contributed by atoms with Crippen LogP contribution in [0.2, 0.25) is 0 Å². The zero-order valence-corrected chi connectivity index (χ0v) is 13.3. The molecule has 0 amide bonds. The van der Waals surface area contributed by atoms with Crippen LogP contribution in [0.5, 0.6) is 0 Å². The van der Waals surface area contributed by atoms with E-state index in [1.54, 1.807) is 18.2 Å². The van der Waals surface area contributed by atoms with Crippen molar-refractivity contribution in [1.29, 1.82) is 0 Å². The molecule has 0 heterocycles. The highest BCUT2D eigenvalue weighted by Crippen LogP contribution is 2.24. The molecule has 0 spiro atoms. The number of ketones is 1. The third kappa shape index (κ3) is 3.11. The molecule has 0 unspecified atom stereocenters. The van der Waals surface area contributed by atoms with Crippen LogP contribution in [0.1, 0.15) is 32.7 Å². The highest BCUT2D eigenvalue weighted by atomic mass is 16.5. The molecule has 0 N–H and O–H groups in total. The predicted molar refractivity (Wildman–Crippen MR) is 89.1 cm³/mol. The second-order valence-corrected chi connectivity index (χ2v) is 5.90. The molecule has 0 radical (unpaired) electrons. The lowest BCUT2D eigenvalue weighted by atomic mass is 9.89. The molecule has 1 aliphatic rings. The summed E-state index contributed by atoms with van der Waals surface area (Å²) in [5, 5.41) is 0. The molecule has 0 aliphatic heterocycles. The van der Waals surface area contributed by atoms with E-state index in [1.165, 1.54) is 0 Å². The number of hydrogen-bond acceptors (Lipinski definition) is 4. The van der Waals surface area contributed by atoms with Gasteiger partial charge in [-0.3, -0.25) is 4.79 Å². The summed E-state index contributed by atoms with van der Waals surface area (Å²) in [5.74, 6) is -0.557. The minimum absolute atomic E-state index is 0.106. The van der Waals surface area contributed by atoms with Gasteiger partial charge in [-0.15, -0.1) is 0 Å². The Kier molecular flexibility index (Phi) is 4.15. The molecule has 0 aromatic heterocycles. The van der Waals surface area contributed by atoms with E-state index in [0.29, 0.717) is 17.5 Å². The highest BCUT2D eigenvalue weighted by Gasteiger charge is 2.30. The molecule has 0 fully saturated rings. The largest absolute Gasteiger partial charge is 0.450 e. The van der Waals surface area contributed by atoms with E-state index in [0.717, 1.165) is 17.7 Å². The van der Waals surface area contributed by atoms with Gasteiger partial charge in [-0.25, -0.2) is 4.79 Å². The van der Waals surface area contributed by atoms with Crippen molar-refractivity contribution in [1.82, 2.24) is 0 Å². The average Bonchev–Trinajstić information content (AvgIpc) is 2.57. The molecule has 1 aliphatic carbocycles. The number of carbonyl (C=O) groups excluding carboxylic acids is 2. The molecular weight excluding hydrogens is 290 g/mol. The Morgan fingerprint density at radius 3 is 2.48 bits per heavy atom. The summed E-state index contributed by atoms with van der Waals surface area (Å²) < 4.78 is 5.44. The molecule has 0 saturated heterocycles. The van der Waals surface area contributed by atoms with E-state index in [9.17, 15) is 9.59 Å². The minimum atomic E-state index is -0.689. The van der Waals surface area contributed by atoms with Crippen molar-refractivity contribution in [2.75, 3.05) is 19.0 Å². The lowest BCUT2D eigenvalue weighted by Crippen LogP contribution is -2.32. The Hall–Kier alpha value is -2.62. The van der Waals surface area contributed by atoms with Gasteiger partial charge < -0.3 is 9.64 Å². The Morgan fingerprint density at radius 2 is 1.78 bits per heavy atom. The van der Waals surface area contributed by atoms with Crippen molar-refractivity contribution in [2.24, 2.45) is 0 Å². The summed E-state index contributed by atoms with van der Waals surface area (Å²) in [5.41, 5.74) is 3.16. The molecule has 0 saturated carbocycles. The van der Waals surface area contributed by atoms with Crippen molar-refractivity contribution in [3.8, 4) is 0 Å². The van der Waals surface area contributed by atoms with Crippen LogP contribution in [-0.4, -0.2) is 32.0 Å². The number of anilines is 1. The van der Waals surface area contributed by atoms with Gasteiger partial charge in [-0.1, -0.05) is 24.3 Å². The van der Waals surface area contributed by atoms with Gasteiger partial charge in [0.05, 0.1) is 5.56 Å². The number of rotatable bonds is 3. The third-order valence-electron chi connectivity index (χ3n) is 4.12. The molecule has 118 valence electrons. The Labute approximate surface area is 135 Å². The smallest absolute Gasteiger partial charge is 0.338 e. The monoisotopic (exact) mass is 309 g/mol. The Morgan fingerprint density at radius 1 is 1.09 bits per heavy atom. The number of aryl methyl sites for hydroxylation is 1. The summed E-state index contributed by atoms with van der Waals surface area (Å²) in [6, 6.07) is 14.7. The summed E-state index contributed by atoms with van der Waals surface area (Å²) >= 11 is 0.